The van der Waals surface area contributed by atoms with Gasteiger partial charge in [0.2, 0.25) is 5.91 Å². The van der Waals surface area contributed by atoms with Crippen LogP contribution in [0.15, 0.2) is 36.4 Å². The SMILES string of the molecule is COc1ccc(CC(=O)N(CCN(C)C)c2nc3c(C)cc(Cl)cc3s2)cc1. The van der Waals surface area contributed by atoms with Gasteiger partial charge in [-0.3, -0.25) is 9.69 Å². The predicted molar refractivity (Wildman–Crippen MR) is 117 cm³/mol. The number of carbonyl (C=O) groups excluding carboxylic acids is 1. The second-order valence-corrected chi connectivity index (χ2v) is 8.38. The summed E-state index contributed by atoms with van der Waals surface area (Å²) in [5.41, 5.74) is 2.86. The minimum atomic E-state index is 0.0230. The maximum Gasteiger partial charge on any atom is 0.233 e. The van der Waals surface area contributed by atoms with Gasteiger partial charge in [-0.15, -0.1) is 0 Å². The Morgan fingerprint density at radius 3 is 2.54 bits per heavy atom. The van der Waals surface area contributed by atoms with E-state index in [1.54, 1.807) is 12.0 Å². The molecule has 0 saturated carbocycles. The summed E-state index contributed by atoms with van der Waals surface area (Å²) in [6.45, 7) is 3.32. The van der Waals surface area contributed by atoms with Gasteiger partial charge in [0, 0.05) is 18.1 Å². The van der Waals surface area contributed by atoms with Gasteiger partial charge in [-0.05, 0) is 56.4 Å². The molecule has 0 saturated heterocycles. The van der Waals surface area contributed by atoms with Crippen molar-refractivity contribution in [3.63, 3.8) is 0 Å². The van der Waals surface area contributed by atoms with Gasteiger partial charge in [0.05, 0.1) is 23.7 Å². The number of amides is 1. The van der Waals surface area contributed by atoms with Gasteiger partial charge < -0.3 is 9.64 Å². The van der Waals surface area contributed by atoms with Crippen molar-refractivity contribution in [1.29, 1.82) is 0 Å². The number of aromatic nitrogens is 1. The fraction of sp³-hybridized carbons (Fsp3) is 0.333. The monoisotopic (exact) mass is 417 g/mol. The third kappa shape index (κ3) is 4.82. The lowest BCUT2D eigenvalue weighted by atomic mass is 10.1. The number of thiazole rings is 1. The van der Waals surface area contributed by atoms with Gasteiger partial charge in [0.25, 0.3) is 0 Å². The zero-order chi connectivity index (χ0) is 20.3. The molecular formula is C21H24ClN3O2S. The standard InChI is InChI=1S/C21H24ClN3O2S/c1-14-11-16(22)13-18-20(14)23-21(28-18)25(10-9-24(2)3)19(26)12-15-5-7-17(27-4)8-6-15/h5-8,11,13H,9-10,12H2,1-4H3. The number of ether oxygens (including phenoxy) is 1. The topological polar surface area (TPSA) is 45.7 Å². The third-order valence-corrected chi connectivity index (χ3v) is 5.70. The van der Waals surface area contributed by atoms with Crippen LogP contribution in [0.1, 0.15) is 11.1 Å². The predicted octanol–water partition coefficient (Wildman–Crippen LogP) is 4.40. The van der Waals surface area contributed by atoms with E-state index in [-0.39, 0.29) is 5.91 Å². The lowest BCUT2D eigenvalue weighted by molar-refractivity contribution is -0.118. The second kappa shape index (κ2) is 8.90. The molecule has 0 aliphatic rings. The number of methoxy groups -OCH3 is 1. The number of nitrogens with zero attached hydrogens (tertiary/aromatic N) is 3. The van der Waals surface area contributed by atoms with E-state index in [0.29, 0.717) is 23.1 Å². The molecular weight excluding hydrogens is 394 g/mol. The first-order valence-corrected chi connectivity index (χ1v) is 10.2. The van der Waals surface area contributed by atoms with E-state index in [0.717, 1.165) is 33.6 Å². The molecule has 0 radical (unpaired) electrons. The molecule has 1 amide bonds. The van der Waals surface area contributed by atoms with Crippen molar-refractivity contribution in [2.75, 3.05) is 39.2 Å². The summed E-state index contributed by atoms with van der Waals surface area (Å²) in [5, 5.41) is 1.39. The molecule has 5 nitrogen and oxygen atoms in total. The summed E-state index contributed by atoms with van der Waals surface area (Å²) in [6, 6.07) is 11.4. The molecule has 1 aromatic heterocycles. The van der Waals surface area contributed by atoms with Gasteiger partial charge in [-0.1, -0.05) is 35.1 Å². The van der Waals surface area contributed by atoms with Crippen LogP contribution in [0.25, 0.3) is 10.2 Å². The molecule has 148 valence electrons. The van der Waals surface area contributed by atoms with Crippen molar-refractivity contribution in [1.82, 2.24) is 9.88 Å². The number of likely N-dealkylation sites (N-methyl/N-ethyl adjacent to an activating group) is 1. The summed E-state index contributed by atoms with van der Waals surface area (Å²) < 4.78 is 6.18. The normalized spacial score (nSPS) is 11.2. The maximum atomic E-state index is 13.1. The molecule has 0 spiro atoms. The Morgan fingerprint density at radius 1 is 1.18 bits per heavy atom. The Hall–Kier alpha value is -2.15. The first-order valence-electron chi connectivity index (χ1n) is 9.02. The first kappa shape index (κ1) is 20.6. The molecule has 3 aromatic rings. The van der Waals surface area contributed by atoms with E-state index in [1.165, 1.54) is 11.3 Å². The van der Waals surface area contributed by atoms with Gasteiger partial charge in [-0.25, -0.2) is 4.98 Å². The summed E-state index contributed by atoms with van der Waals surface area (Å²) >= 11 is 7.69. The van der Waals surface area contributed by atoms with Crippen molar-refractivity contribution in [2.45, 2.75) is 13.3 Å². The number of anilines is 1. The van der Waals surface area contributed by atoms with Crippen molar-refractivity contribution in [2.24, 2.45) is 0 Å². The van der Waals surface area contributed by atoms with Crippen LogP contribution in [0.5, 0.6) is 5.75 Å². The Bertz CT molecular complexity index is 970. The number of fused-ring (bicyclic) bond motifs is 1. The van der Waals surface area contributed by atoms with Crippen LogP contribution in [0.4, 0.5) is 5.13 Å². The van der Waals surface area contributed by atoms with E-state index in [1.807, 2.05) is 57.4 Å². The van der Waals surface area contributed by atoms with Crippen molar-refractivity contribution in [3.8, 4) is 5.75 Å². The zero-order valence-electron chi connectivity index (χ0n) is 16.5. The minimum Gasteiger partial charge on any atom is -0.497 e. The highest BCUT2D eigenvalue weighted by Gasteiger charge is 2.21. The quantitative estimate of drug-likeness (QED) is 0.571. The van der Waals surface area contributed by atoms with E-state index in [4.69, 9.17) is 21.3 Å². The van der Waals surface area contributed by atoms with E-state index in [2.05, 4.69) is 4.90 Å². The summed E-state index contributed by atoms with van der Waals surface area (Å²) in [4.78, 5) is 21.7. The Balaban J connectivity index is 1.89. The highest BCUT2D eigenvalue weighted by molar-refractivity contribution is 7.22. The number of carbonyl (C=O) groups is 1. The van der Waals surface area contributed by atoms with Crippen LogP contribution in [0.3, 0.4) is 0 Å². The minimum absolute atomic E-state index is 0.0230. The fourth-order valence-corrected chi connectivity index (χ4v) is 4.36. The van der Waals surface area contributed by atoms with Crippen LogP contribution in [-0.4, -0.2) is 50.1 Å². The van der Waals surface area contributed by atoms with Crippen LogP contribution < -0.4 is 9.64 Å². The number of hydrogen-bond donors (Lipinski definition) is 0. The number of benzene rings is 2. The Morgan fingerprint density at radius 2 is 1.89 bits per heavy atom. The smallest absolute Gasteiger partial charge is 0.233 e. The third-order valence-electron chi connectivity index (χ3n) is 4.46. The number of rotatable bonds is 7. The lowest BCUT2D eigenvalue weighted by Gasteiger charge is -2.22. The average molecular weight is 418 g/mol. The fourth-order valence-electron chi connectivity index (χ4n) is 2.90. The van der Waals surface area contributed by atoms with Crippen molar-refractivity contribution >= 4 is 44.2 Å². The molecule has 3 rings (SSSR count). The molecule has 1 heterocycles. The Labute approximate surface area is 174 Å². The Kier molecular flexibility index (Phi) is 6.54. The van der Waals surface area contributed by atoms with Crippen LogP contribution in [-0.2, 0) is 11.2 Å². The van der Waals surface area contributed by atoms with E-state index < -0.39 is 0 Å². The van der Waals surface area contributed by atoms with Crippen molar-refractivity contribution < 1.29 is 9.53 Å². The zero-order valence-corrected chi connectivity index (χ0v) is 18.1. The number of aryl methyl sites for hydroxylation is 1. The first-order chi connectivity index (χ1) is 13.4. The van der Waals surface area contributed by atoms with Crippen LogP contribution in [0.2, 0.25) is 5.02 Å². The molecule has 0 unspecified atom stereocenters. The molecule has 0 atom stereocenters. The van der Waals surface area contributed by atoms with Crippen molar-refractivity contribution in [3.05, 3.63) is 52.5 Å². The highest BCUT2D eigenvalue weighted by Crippen LogP contribution is 2.33. The largest absolute Gasteiger partial charge is 0.497 e. The molecule has 7 heteroatoms. The molecule has 0 N–H and O–H groups in total. The summed E-state index contributed by atoms with van der Waals surface area (Å²) in [7, 11) is 5.62. The van der Waals surface area contributed by atoms with E-state index in [9.17, 15) is 4.79 Å². The van der Waals surface area contributed by atoms with Crippen LogP contribution in [0, 0.1) is 6.92 Å². The molecule has 28 heavy (non-hydrogen) atoms. The second-order valence-electron chi connectivity index (χ2n) is 6.94. The molecule has 0 aliphatic heterocycles. The van der Waals surface area contributed by atoms with E-state index >= 15 is 0 Å². The molecule has 2 aromatic carbocycles. The number of hydrogen-bond acceptors (Lipinski definition) is 5. The average Bonchev–Trinajstić information content (AvgIpc) is 3.06. The highest BCUT2D eigenvalue weighted by atomic mass is 35.5. The van der Waals surface area contributed by atoms with Gasteiger partial charge in [0.15, 0.2) is 5.13 Å². The summed E-state index contributed by atoms with van der Waals surface area (Å²) in [5.74, 6) is 0.800. The maximum absolute atomic E-state index is 13.1. The van der Waals surface area contributed by atoms with Gasteiger partial charge in [-0.2, -0.15) is 0 Å². The van der Waals surface area contributed by atoms with Crippen LogP contribution >= 0.6 is 22.9 Å². The van der Waals surface area contributed by atoms with Gasteiger partial charge >= 0.3 is 0 Å². The molecule has 0 bridgehead atoms. The molecule has 0 aliphatic carbocycles. The molecule has 0 fully saturated rings. The lowest BCUT2D eigenvalue weighted by Crippen LogP contribution is -2.37. The van der Waals surface area contributed by atoms with Gasteiger partial charge in [0.1, 0.15) is 5.75 Å². The summed E-state index contributed by atoms with van der Waals surface area (Å²) in [6.07, 6.45) is 0.313. The number of halogens is 1.